The molecule has 0 radical (unpaired) electrons. The molecule has 0 saturated heterocycles. The smallest absolute Gasteiger partial charge is 0.223 e. The Morgan fingerprint density at radius 2 is 2.30 bits per heavy atom. The molecule has 104 valence electrons. The lowest BCUT2D eigenvalue weighted by Gasteiger charge is -2.30. The van der Waals surface area contributed by atoms with E-state index in [2.05, 4.69) is 15.0 Å². The number of anilines is 1. The number of hydrogen-bond acceptors (Lipinski definition) is 5. The molecule has 1 aliphatic rings. The van der Waals surface area contributed by atoms with Crippen LogP contribution in [0.1, 0.15) is 41.0 Å². The van der Waals surface area contributed by atoms with Gasteiger partial charge in [0.2, 0.25) is 5.89 Å². The van der Waals surface area contributed by atoms with Gasteiger partial charge < -0.3 is 9.42 Å². The van der Waals surface area contributed by atoms with Crippen LogP contribution in [-0.2, 0) is 13.0 Å². The quantitative estimate of drug-likeness (QED) is 0.803. The van der Waals surface area contributed by atoms with Gasteiger partial charge >= 0.3 is 0 Å². The second-order valence-corrected chi connectivity index (χ2v) is 5.15. The third-order valence-corrected chi connectivity index (χ3v) is 3.60. The van der Waals surface area contributed by atoms with Gasteiger partial charge in [-0.25, -0.2) is 0 Å². The van der Waals surface area contributed by atoms with Crippen LogP contribution in [0.4, 0.5) is 5.69 Å². The number of nitrogens with zero attached hydrogens (tertiary/aromatic N) is 3. The second-order valence-electron chi connectivity index (χ2n) is 5.15. The van der Waals surface area contributed by atoms with Crippen LogP contribution in [-0.4, -0.2) is 22.5 Å². The Labute approximate surface area is 117 Å². The third-order valence-electron chi connectivity index (χ3n) is 3.60. The van der Waals surface area contributed by atoms with Gasteiger partial charge in [-0.15, -0.1) is 0 Å². The van der Waals surface area contributed by atoms with E-state index in [-0.39, 0.29) is 5.78 Å². The van der Waals surface area contributed by atoms with E-state index in [1.54, 1.807) is 13.8 Å². The van der Waals surface area contributed by atoms with Crippen molar-refractivity contribution >= 4 is 11.5 Å². The summed E-state index contributed by atoms with van der Waals surface area (Å²) in [6.07, 6.45) is 2.09. The number of benzene rings is 1. The monoisotopic (exact) mass is 271 g/mol. The molecule has 1 aliphatic heterocycles. The molecular formula is C15H17N3O2. The number of Topliss-reactive ketones (excluding diaryl/α,β-unsaturated/α-hetero) is 1. The zero-order chi connectivity index (χ0) is 14.1. The molecular weight excluding hydrogens is 254 g/mol. The van der Waals surface area contributed by atoms with Gasteiger partial charge in [0.1, 0.15) is 0 Å². The maximum atomic E-state index is 11.5. The summed E-state index contributed by atoms with van der Waals surface area (Å²) < 4.78 is 5.01. The summed E-state index contributed by atoms with van der Waals surface area (Å²) in [4.78, 5) is 18.0. The predicted octanol–water partition coefficient (Wildman–Crippen LogP) is 2.53. The van der Waals surface area contributed by atoms with E-state index in [0.717, 1.165) is 24.9 Å². The molecule has 5 nitrogen and oxygen atoms in total. The van der Waals surface area contributed by atoms with Crippen molar-refractivity contribution < 1.29 is 9.32 Å². The predicted molar refractivity (Wildman–Crippen MR) is 74.9 cm³/mol. The first kappa shape index (κ1) is 12.8. The molecule has 0 N–H and O–H groups in total. The van der Waals surface area contributed by atoms with Crippen molar-refractivity contribution in [3.63, 3.8) is 0 Å². The first-order valence-corrected chi connectivity index (χ1v) is 6.81. The van der Waals surface area contributed by atoms with E-state index in [4.69, 9.17) is 4.52 Å². The first-order chi connectivity index (χ1) is 9.63. The molecule has 0 aliphatic carbocycles. The van der Waals surface area contributed by atoms with Gasteiger partial charge in [0, 0.05) is 24.7 Å². The Bertz CT molecular complexity index is 648. The van der Waals surface area contributed by atoms with Crippen LogP contribution in [0, 0.1) is 6.92 Å². The van der Waals surface area contributed by atoms with Crippen molar-refractivity contribution in [2.45, 2.75) is 33.2 Å². The average Bonchev–Trinajstić information content (AvgIpc) is 2.84. The van der Waals surface area contributed by atoms with Crippen molar-refractivity contribution in [3.05, 3.63) is 41.0 Å². The van der Waals surface area contributed by atoms with Crippen LogP contribution < -0.4 is 4.90 Å². The molecule has 0 atom stereocenters. The zero-order valence-electron chi connectivity index (χ0n) is 11.7. The number of carbonyl (C=O) groups excluding carboxylic acids is 1. The van der Waals surface area contributed by atoms with Gasteiger partial charge in [0.15, 0.2) is 11.6 Å². The molecule has 0 unspecified atom stereocenters. The molecule has 5 heteroatoms. The fourth-order valence-corrected chi connectivity index (χ4v) is 2.63. The minimum absolute atomic E-state index is 0.110. The highest BCUT2D eigenvalue weighted by Gasteiger charge is 2.19. The lowest BCUT2D eigenvalue weighted by atomic mass is 9.98. The van der Waals surface area contributed by atoms with Crippen LogP contribution >= 0.6 is 0 Å². The first-order valence-electron chi connectivity index (χ1n) is 6.81. The van der Waals surface area contributed by atoms with Crippen molar-refractivity contribution in [1.29, 1.82) is 0 Å². The van der Waals surface area contributed by atoms with Gasteiger partial charge in [0.25, 0.3) is 0 Å². The van der Waals surface area contributed by atoms with Crippen molar-refractivity contribution in [3.8, 4) is 0 Å². The second kappa shape index (κ2) is 5.07. The Morgan fingerprint density at radius 3 is 3.00 bits per heavy atom. The summed E-state index contributed by atoms with van der Waals surface area (Å²) in [7, 11) is 0. The molecule has 1 aromatic heterocycles. The Balaban J connectivity index is 1.88. The maximum Gasteiger partial charge on any atom is 0.223 e. The standard InChI is InChI=1S/C15H17N3O2/c1-10(19)12-5-6-14-13(8-12)4-3-7-18(14)9-15-16-11(2)20-17-15/h5-6,8H,3-4,7,9H2,1-2H3. The van der Waals surface area contributed by atoms with Gasteiger partial charge in [-0.2, -0.15) is 4.98 Å². The van der Waals surface area contributed by atoms with Gasteiger partial charge in [0.05, 0.1) is 6.54 Å². The summed E-state index contributed by atoms with van der Waals surface area (Å²) in [5.74, 6) is 1.40. The van der Waals surface area contributed by atoms with Crippen molar-refractivity contribution in [2.75, 3.05) is 11.4 Å². The summed E-state index contributed by atoms with van der Waals surface area (Å²) in [5.41, 5.74) is 3.17. The van der Waals surface area contributed by atoms with Crippen LogP contribution in [0.5, 0.6) is 0 Å². The fourth-order valence-electron chi connectivity index (χ4n) is 2.63. The third kappa shape index (κ3) is 2.43. The summed E-state index contributed by atoms with van der Waals surface area (Å²) in [6.45, 7) is 5.01. The Hall–Kier alpha value is -2.17. The van der Waals surface area contributed by atoms with Crippen molar-refractivity contribution in [2.24, 2.45) is 0 Å². The Kier molecular flexibility index (Phi) is 3.26. The van der Waals surface area contributed by atoms with E-state index in [9.17, 15) is 4.79 Å². The molecule has 0 spiro atoms. The number of aromatic nitrogens is 2. The normalized spacial score (nSPS) is 14.2. The minimum Gasteiger partial charge on any atom is -0.364 e. The van der Waals surface area contributed by atoms with Crippen LogP contribution in [0.15, 0.2) is 22.7 Å². The summed E-state index contributed by atoms with van der Waals surface area (Å²) in [6, 6.07) is 5.92. The highest BCUT2D eigenvalue weighted by Crippen LogP contribution is 2.29. The van der Waals surface area contributed by atoms with E-state index in [0.29, 0.717) is 18.3 Å². The molecule has 20 heavy (non-hydrogen) atoms. The Morgan fingerprint density at radius 1 is 1.45 bits per heavy atom. The van der Waals surface area contributed by atoms with Crippen molar-refractivity contribution in [1.82, 2.24) is 10.1 Å². The molecule has 2 heterocycles. The number of fused-ring (bicyclic) bond motifs is 1. The lowest BCUT2D eigenvalue weighted by molar-refractivity contribution is 0.101. The highest BCUT2D eigenvalue weighted by atomic mass is 16.5. The number of carbonyl (C=O) groups is 1. The number of ketones is 1. The van der Waals surface area contributed by atoms with E-state index in [1.165, 1.54) is 11.3 Å². The zero-order valence-corrected chi connectivity index (χ0v) is 11.7. The molecule has 2 aromatic rings. The fraction of sp³-hybridized carbons (Fsp3) is 0.400. The number of aryl methyl sites for hydroxylation is 2. The molecule has 0 bridgehead atoms. The molecule has 3 rings (SSSR count). The SMILES string of the molecule is CC(=O)c1ccc2c(c1)CCCN2Cc1noc(C)n1. The largest absolute Gasteiger partial charge is 0.364 e. The van der Waals surface area contributed by atoms with Crippen LogP contribution in [0.25, 0.3) is 0 Å². The summed E-state index contributed by atoms with van der Waals surface area (Å²) in [5, 5.41) is 3.95. The van der Waals surface area contributed by atoms with Gasteiger partial charge in [-0.3, -0.25) is 4.79 Å². The lowest BCUT2D eigenvalue weighted by Crippen LogP contribution is -2.29. The van der Waals surface area contributed by atoms with Gasteiger partial charge in [-0.05, 0) is 43.5 Å². The molecule has 0 saturated carbocycles. The van der Waals surface area contributed by atoms with E-state index >= 15 is 0 Å². The summed E-state index contributed by atoms with van der Waals surface area (Å²) >= 11 is 0. The molecule has 0 fully saturated rings. The van der Waals surface area contributed by atoms with E-state index in [1.807, 2.05) is 18.2 Å². The van der Waals surface area contributed by atoms with Gasteiger partial charge in [-0.1, -0.05) is 5.16 Å². The van der Waals surface area contributed by atoms with E-state index < -0.39 is 0 Å². The van der Waals surface area contributed by atoms with Crippen LogP contribution in [0.2, 0.25) is 0 Å². The maximum absolute atomic E-state index is 11.5. The average molecular weight is 271 g/mol. The molecule has 0 amide bonds. The minimum atomic E-state index is 0.110. The molecule has 1 aromatic carbocycles. The number of hydrogen-bond donors (Lipinski definition) is 0. The van der Waals surface area contributed by atoms with Crippen LogP contribution in [0.3, 0.4) is 0 Å². The highest BCUT2D eigenvalue weighted by molar-refractivity contribution is 5.94. The topological polar surface area (TPSA) is 59.2 Å². The number of rotatable bonds is 3.